The average molecular weight is 272 g/mol. The summed E-state index contributed by atoms with van der Waals surface area (Å²) in [7, 11) is 0. The van der Waals surface area contributed by atoms with Gasteiger partial charge in [0.25, 0.3) is 0 Å². The normalized spacial score (nSPS) is 11.6. The molecular formula is C11H11F3N4O. The summed E-state index contributed by atoms with van der Waals surface area (Å²) in [6, 6.07) is 1.54. The van der Waals surface area contributed by atoms with E-state index in [9.17, 15) is 13.2 Å². The van der Waals surface area contributed by atoms with Crippen LogP contribution < -0.4 is 10.5 Å². The van der Waals surface area contributed by atoms with Crippen LogP contribution >= 0.6 is 0 Å². The van der Waals surface area contributed by atoms with E-state index < -0.39 is 11.7 Å². The fourth-order valence-electron chi connectivity index (χ4n) is 1.43. The summed E-state index contributed by atoms with van der Waals surface area (Å²) in [6.07, 6.45) is -1.55. The van der Waals surface area contributed by atoms with Crippen molar-refractivity contribution in [2.45, 2.75) is 19.6 Å². The maximum Gasteiger partial charge on any atom is 0.416 e. The first-order chi connectivity index (χ1) is 8.88. The van der Waals surface area contributed by atoms with E-state index in [1.165, 1.54) is 6.20 Å². The molecule has 0 aliphatic heterocycles. The molecule has 0 aromatic carbocycles. The first kappa shape index (κ1) is 13.2. The van der Waals surface area contributed by atoms with Gasteiger partial charge in [-0.3, -0.25) is 4.68 Å². The first-order valence-electron chi connectivity index (χ1n) is 5.43. The Morgan fingerprint density at radius 2 is 2.11 bits per heavy atom. The van der Waals surface area contributed by atoms with Crippen molar-refractivity contribution >= 4 is 5.82 Å². The standard InChI is InChI=1S/C11H11F3N4O/c1-2-18-6-8(5-16-18)19-10-4-7(11(12,13)14)3-9(15)17-10/h3-6H,2H2,1H3,(H2,15,17). The Labute approximate surface area is 106 Å². The topological polar surface area (TPSA) is 66.0 Å². The zero-order valence-electron chi connectivity index (χ0n) is 9.98. The third kappa shape index (κ3) is 3.15. The highest BCUT2D eigenvalue weighted by atomic mass is 19.4. The molecule has 0 radical (unpaired) electrons. The number of hydrogen-bond donors (Lipinski definition) is 1. The van der Waals surface area contributed by atoms with Crippen molar-refractivity contribution in [2.75, 3.05) is 5.73 Å². The lowest BCUT2D eigenvalue weighted by atomic mass is 10.2. The van der Waals surface area contributed by atoms with Gasteiger partial charge in [0.15, 0.2) is 5.75 Å². The molecule has 2 rings (SSSR count). The van der Waals surface area contributed by atoms with E-state index in [0.29, 0.717) is 12.3 Å². The molecule has 0 amide bonds. The number of ether oxygens (including phenoxy) is 1. The lowest BCUT2D eigenvalue weighted by molar-refractivity contribution is -0.137. The zero-order chi connectivity index (χ0) is 14.0. The maximum atomic E-state index is 12.6. The largest absolute Gasteiger partial charge is 0.436 e. The van der Waals surface area contributed by atoms with Crippen LogP contribution in [0.4, 0.5) is 19.0 Å². The van der Waals surface area contributed by atoms with E-state index in [2.05, 4.69) is 10.1 Å². The molecule has 0 unspecified atom stereocenters. The molecule has 0 aliphatic rings. The lowest BCUT2D eigenvalue weighted by Crippen LogP contribution is -2.07. The fraction of sp³-hybridized carbons (Fsp3) is 0.273. The van der Waals surface area contributed by atoms with Crippen LogP contribution in [0.15, 0.2) is 24.5 Å². The minimum absolute atomic E-state index is 0.219. The lowest BCUT2D eigenvalue weighted by Gasteiger charge is -2.09. The summed E-state index contributed by atoms with van der Waals surface area (Å²) in [5.41, 5.74) is 4.42. The van der Waals surface area contributed by atoms with Crippen molar-refractivity contribution in [3.8, 4) is 11.6 Å². The van der Waals surface area contributed by atoms with Gasteiger partial charge in [-0.2, -0.15) is 23.3 Å². The number of nitrogens with zero attached hydrogens (tertiary/aromatic N) is 3. The molecule has 0 aliphatic carbocycles. The van der Waals surface area contributed by atoms with Crippen LogP contribution in [0.5, 0.6) is 11.6 Å². The molecule has 102 valence electrons. The predicted octanol–water partition coefficient (Wildman–Crippen LogP) is 2.69. The van der Waals surface area contributed by atoms with Gasteiger partial charge >= 0.3 is 6.18 Å². The van der Waals surface area contributed by atoms with Crippen molar-refractivity contribution in [1.82, 2.24) is 14.8 Å². The van der Waals surface area contributed by atoms with Crippen LogP contribution in [0.25, 0.3) is 0 Å². The minimum Gasteiger partial charge on any atom is -0.436 e. The van der Waals surface area contributed by atoms with E-state index in [0.717, 1.165) is 12.1 Å². The molecule has 5 nitrogen and oxygen atoms in total. The zero-order valence-corrected chi connectivity index (χ0v) is 9.98. The Morgan fingerprint density at radius 3 is 2.68 bits per heavy atom. The Morgan fingerprint density at radius 1 is 1.37 bits per heavy atom. The van der Waals surface area contributed by atoms with E-state index in [-0.39, 0.29) is 11.7 Å². The number of pyridine rings is 1. The number of aryl methyl sites for hydroxylation is 1. The highest BCUT2D eigenvalue weighted by Crippen LogP contribution is 2.33. The van der Waals surface area contributed by atoms with Gasteiger partial charge in [0.1, 0.15) is 5.82 Å². The van der Waals surface area contributed by atoms with Crippen molar-refractivity contribution in [3.05, 3.63) is 30.1 Å². The molecule has 2 aromatic rings. The van der Waals surface area contributed by atoms with Crippen LogP contribution in [0.1, 0.15) is 12.5 Å². The second kappa shape index (κ2) is 4.79. The number of nitrogen functional groups attached to an aromatic ring is 1. The molecule has 0 fully saturated rings. The molecule has 2 heterocycles. The summed E-state index contributed by atoms with van der Waals surface area (Å²) in [6.45, 7) is 2.50. The highest BCUT2D eigenvalue weighted by Gasteiger charge is 2.31. The summed E-state index contributed by atoms with van der Waals surface area (Å²) >= 11 is 0. The molecule has 0 saturated carbocycles. The molecule has 2 aromatic heterocycles. The van der Waals surface area contributed by atoms with Crippen LogP contribution in [-0.2, 0) is 12.7 Å². The number of aromatic nitrogens is 3. The van der Waals surface area contributed by atoms with Gasteiger partial charge in [-0.1, -0.05) is 0 Å². The van der Waals surface area contributed by atoms with E-state index in [1.807, 2.05) is 6.92 Å². The number of hydrogen-bond acceptors (Lipinski definition) is 4. The highest BCUT2D eigenvalue weighted by molar-refractivity contribution is 5.39. The molecule has 0 saturated heterocycles. The summed E-state index contributed by atoms with van der Waals surface area (Å²) < 4.78 is 44.5. The van der Waals surface area contributed by atoms with Gasteiger partial charge in [0.05, 0.1) is 18.0 Å². The van der Waals surface area contributed by atoms with E-state index in [1.54, 1.807) is 10.9 Å². The summed E-state index contributed by atoms with van der Waals surface area (Å²) in [5.74, 6) is -0.177. The summed E-state index contributed by atoms with van der Waals surface area (Å²) in [4.78, 5) is 3.70. The third-order valence-corrected chi connectivity index (χ3v) is 2.30. The SMILES string of the molecule is CCn1cc(Oc2cc(C(F)(F)F)cc(N)n2)cn1. The van der Waals surface area contributed by atoms with Crippen LogP contribution in [0.2, 0.25) is 0 Å². The Balaban J connectivity index is 2.27. The number of nitrogens with two attached hydrogens (primary N) is 1. The van der Waals surface area contributed by atoms with Crippen LogP contribution in [0, 0.1) is 0 Å². The van der Waals surface area contributed by atoms with Gasteiger partial charge in [-0.25, -0.2) is 0 Å². The molecule has 19 heavy (non-hydrogen) atoms. The van der Waals surface area contributed by atoms with E-state index in [4.69, 9.17) is 10.5 Å². The van der Waals surface area contributed by atoms with Gasteiger partial charge in [0.2, 0.25) is 5.88 Å². The Bertz CT molecular complexity index is 580. The molecule has 0 bridgehead atoms. The molecule has 8 heteroatoms. The van der Waals surface area contributed by atoms with Crippen molar-refractivity contribution in [3.63, 3.8) is 0 Å². The van der Waals surface area contributed by atoms with Crippen LogP contribution in [0.3, 0.4) is 0 Å². The predicted molar refractivity (Wildman–Crippen MR) is 61.6 cm³/mol. The second-order valence-corrected chi connectivity index (χ2v) is 3.75. The smallest absolute Gasteiger partial charge is 0.416 e. The summed E-state index contributed by atoms with van der Waals surface area (Å²) in [5, 5.41) is 3.93. The second-order valence-electron chi connectivity index (χ2n) is 3.75. The molecular weight excluding hydrogens is 261 g/mol. The fourth-order valence-corrected chi connectivity index (χ4v) is 1.43. The number of anilines is 1. The van der Waals surface area contributed by atoms with Crippen molar-refractivity contribution in [1.29, 1.82) is 0 Å². The van der Waals surface area contributed by atoms with Gasteiger partial charge in [-0.05, 0) is 13.0 Å². The van der Waals surface area contributed by atoms with Gasteiger partial charge in [0, 0.05) is 12.6 Å². The number of alkyl halides is 3. The third-order valence-electron chi connectivity index (χ3n) is 2.30. The maximum absolute atomic E-state index is 12.6. The van der Waals surface area contributed by atoms with Gasteiger partial charge in [-0.15, -0.1) is 0 Å². The quantitative estimate of drug-likeness (QED) is 0.932. The molecule has 0 atom stereocenters. The molecule has 2 N–H and O–H groups in total. The Hall–Kier alpha value is -2.25. The molecule has 0 spiro atoms. The number of halogens is 3. The monoisotopic (exact) mass is 272 g/mol. The van der Waals surface area contributed by atoms with Crippen molar-refractivity contribution in [2.24, 2.45) is 0 Å². The average Bonchev–Trinajstić information content (AvgIpc) is 2.75. The van der Waals surface area contributed by atoms with Gasteiger partial charge < -0.3 is 10.5 Å². The number of rotatable bonds is 3. The first-order valence-corrected chi connectivity index (χ1v) is 5.43. The van der Waals surface area contributed by atoms with Crippen molar-refractivity contribution < 1.29 is 17.9 Å². The van der Waals surface area contributed by atoms with E-state index >= 15 is 0 Å². The minimum atomic E-state index is -4.50. The van der Waals surface area contributed by atoms with Crippen LogP contribution in [-0.4, -0.2) is 14.8 Å². The Kier molecular flexibility index (Phi) is 3.32.